The molecule has 0 atom stereocenters. The molecule has 1 rings (SSSR count). The van der Waals surface area contributed by atoms with Gasteiger partial charge in [0.15, 0.2) is 0 Å². The zero-order valence-corrected chi connectivity index (χ0v) is 12.8. The summed E-state index contributed by atoms with van der Waals surface area (Å²) in [5.74, 6) is 0.982. The van der Waals surface area contributed by atoms with Crippen LogP contribution >= 0.6 is 0 Å². The highest BCUT2D eigenvalue weighted by molar-refractivity contribution is 5.76. The molecular formula is C14H23N3O3. The molecule has 0 amide bonds. The minimum atomic E-state index is -0.267. The molecule has 0 N–H and O–H groups in total. The zero-order valence-electron chi connectivity index (χ0n) is 12.8. The summed E-state index contributed by atoms with van der Waals surface area (Å²) in [6.07, 6.45) is 1.45. The summed E-state index contributed by atoms with van der Waals surface area (Å²) >= 11 is 0. The Morgan fingerprint density at radius 2 is 2.00 bits per heavy atom. The molecule has 112 valence electrons. The smallest absolute Gasteiger partial charge is 0.325 e. The summed E-state index contributed by atoms with van der Waals surface area (Å²) in [4.78, 5) is 22.0. The fraction of sp³-hybridized carbons (Fsp3) is 0.643. The van der Waals surface area contributed by atoms with Crippen molar-refractivity contribution >= 4 is 11.8 Å². The average Bonchev–Trinajstić information content (AvgIpc) is 2.39. The quantitative estimate of drug-likeness (QED) is 0.712. The van der Waals surface area contributed by atoms with Crippen LogP contribution in [0.15, 0.2) is 6.33 Å². The number of aromatic nitrogens is 2. The Morgan fingerprint density at radius 3 is 2.55 bits per heavy atom. The van der Waals surface area contributed by atoms with E-state index in [1.165, 1.54) is 6.33 Å². The lowest BCUT2D eigenvalue weighted by atomic mass is 10.2. The van der Waals surface area contributed by atoms with Gasteiger partial charge in [0.25, 0.3) is 0 Å². The van der Waals surface area contributed by atoms with E-state index in [-0.39, 0.29) is 18.6 Å². The van der Waals surface area contributed by atoms with Crippen LogP contribution < -0.4 is 9.64 Å². The Balaban J connectivity index is 3.03. The van der Waals surface area contributed by atoms with Crippen molar-refractivity contribution in [2.24, 2.45) is 0 Å². The number of anilines is 1. The van der Waals surface area contributed by atoms with E-state index < -0.39 is 0 Å². The first-order chi connectivity index (χ1) is 9.51. The molecule has 0 aromatic carbocycles. The van der Waals surface area contributed by atoms with Crippen LogP contribution in [-0.2, 0) is 9.53 Å². The van der Waals surface area contributed by atoms with E-state index in [0.717, 1.165) is 5.56 Å². The second-order valence-corrected chi connectivity index (χ2v) is 4.59. The first kappa shape index (κ1) is 16.2. The van der Waals surface area contributed by atoms with Crippen LogP contribution in [0.2, 0.25) is 0 Å². The van der Waals surface area contributed by atoms with Crippen molar-refractivity contribution in [3.05, 3.63) is 11.9 Å². The highest BCUT2D eigenvalue weighted by atomic mass is 16.5. The van der Waals surface area contributed by atoms with Crippen LogP contribution in [0.4, 0.5) is 5.82 Å². The van der Waals surface area contributed by atoms with E-state index in [2.05, 4.69) is 9.97 Å². The predicted molar refractivity (Wildman–Crippen MR) is 77.1 cm³/mol. The van der Waals surface area contributed by atoms with Crippen molar-refractivity contribution in [2.75, 3.05) is 24.7 Å². The molecule has 0 saturated carbocycles. The number of ether oxygens (including phenoxy) is 2. The van der Waals surface area contributed by atoms with Crippen LogP contribution in [-0.4, -0.2) is 41.7 Å². The van der Waals surface area contributed by atoms with Gasteiger partial charge >= 0.3 is 5.97 Å². The van der Waals surface area contributed by atoms with Crippen molar-refractivity contribution < 1.29 is 14.3 Å². The molecule has 6 nitrogen and oxygen atoms in total. The number of nitrogens with zero attached hydrogens (tertiary/aromatic N) is 3. The van der Waals surface area contributed by atoms with E-state index >= 15 is 0 Å². The number of rotatable bonds is 7. The van der Waals surface area contributed by atoms with Crippen molar-refractivity contribution in [3.63, 3.8) is 0 Å². The molecule has 20 heavy (non-hydrogen) atoms. The summed E-state index contributed by atoms with van der Waals surface area (Å²) in [6.45, 7) is 10.7. The van der Waals surface area contributed by atoms with Crippen molar-refractivity contribution in [3.8, 4) is 5.88 Å². The van der Waals surface area contributed by atoms with Gasteiger partial charge in [-0.05, 0) is 34.6 Å². The van der Waals surface area contributed by atoms with Gasteiger partial charge in [0.05, 0.1) is 18.8 Å². The third-order valence-electron chi connectivity index (χ3n) is 2.79. The Morgan fingerprint density at radius 1 is 1.30 bits per heavy atom. The number of carbonyl (C=O) groups is 1. The third-order valence-corrected chi connectivity index (χ3v) is 2.79. The number of hydrogen-bond acceptors (Lipinski definition) is 6. The molecule has 0 aliphatic carbocycles. The Labute approximate surface area is 120 Å². The maximum absolute atomic E-state index is 11.7. The summed E-state index contributed by atoms with van der Waals surface area (Å²) in [5, 5.41) is 0. The van der Waals surface area contributed by atoms with E-state index in [1.54, 1.807) is 6.92 Å². The Bertz CT molecular complexity index is 449. The molecule has 0 aliphatic rings. The molecule has 0 bridgehead atoms. The highest BCUT2D eigenvalue weighted by Crippen LogP contribution is 2.25. The molecule has 1 aromatic rings. The summed E-state index contributed by atoms with van der Waals surface area (Å²) in [7, 11) is 0. The van der Waals surface area contributed by atoms with Crippen molar-refractivity contribution in [1.82, 2.24) is 9.97 Å². The van der Waals surface area contributed by atoms with Crippen LogP contribution in [0.5, 0.6) is 5.88 Å². The molecule has 1 aromatic heterocycles. The molecule has 1 heterocycles. The van der Waals surface area contributed by atoms with Crippen molar-refractivity contribution in [1.29, 1.82) is 0 Å². The number of hydrogen-bond donors (Lipinski definition) is 0. The van der Waals surface area contributed by atoms with E-state index in [9.17, 15) is 4.79 Å². The fourth-order valence-corrected chi connectivity index (χ4v) is 1.84. The second-order valence-electron chi connectivity index (χ2n) is 4.59. The van der Waals surface area contributed by atoms with Crippen LogP contribution in [0.3, 0.4) is 0 Å². The van der Waals surface area contributed by atoms with Gasteiger partial charge in [0.2, 0.25) is 5.88 Å². The minimum absolute atomic E-state index is 0.113. The van der Waals surface area contributed by atoms with E-state index in [0.29, 0.717) is 24.9 Å². The van der Waals surface area contributed by atoms with Gasteiger partial charge in [0.1, 0.15) is 18.7 Å². The number of esters is 1. The number of carbonyl (C=O) groups excluding carboxylic acids is 1. The first-order valence-electron chi connectivity index (χ1n) is 6.87. The minimum Gasteiger partial charge on any atom is -0.478 e. The Hall–Kier alpha value is -1.85. The molecule has 0 spiro atoms. The molecule has 0 unspecified atom stereocenters. The molecular weight excluding hydrogens is 258 g/mol. The highest BCUT2D eigenvalue weighted by Gasteiger charge is 2.20. The maximum Gasteiger partial charge on any atom is 0.325 e. The lowest BCUT2D eigenvalue weighted by molar-refractivity contribution is -0.141. The predicted octanol–water partition coefficient (Wildman–Crippen LogP) is 1.96. The molecule has 0 aliphatic heterocycles. The summed E-state index contributed by atoms with van der Waals surface area (Å²) in [5.41, 5.74) is 0.826. The lowest BCUT2D eigenvalue weighted by Gasteiger charge is -2.28. The topological polar surface area (TPSA) is 64.5 Å². The van der Waals surface area contributed by atoms with Gasteiger partial charge in [-0.15, -0.1) is 0 Å². The monoisotopic (exact) mass is 281 g/mol. The average molecular weight is 281 g/mol. The fourth-order valence-electron chi connectivity index (χ4n) is 1.84. The van der Waals surface area contributed by atoms with Gasteiger partial charge in [-0.3, -0.25) is 4.79 Å². The van der Waals surface area contributed by atoms with Gasteiger partial charge in [-0.1, -0.05) is 0 Å². The largest absolute Gasteiger partial charge is 0.478 e. The zero-order chi connectivity index (χ0) is 15.1. The molecule has 0 radical (unpaired) electrons. The third kappa shape index (κ3) is 4.08. The lowest BCUT2D eigenvalue weighted by Crippen LogP contribution is -2.37. The standard InChI is InChI=1S/C14H23N3O3/c1-6-19-12(18)8-17(10(3)4)13-11(5)14(20-7-2)16-9-15-13/h9-10H,6-8H2,1-5H3. The van der Waals surface area contributed by atoms with Crippen molar-refractivity contribution in [2.45, 2.75) is 40.7 Å². The second kappa shape index (κ2) is 7.67. The van der Waals surface area contributed by atoms with Crippen LogP contribution in [0.25, 0.3) is 0 Å². The normalized spacial score (nSPS) is 10.5. The van der Waals surface area contributed by atoms with Gasteiger partial charge < -0.3 is 14.4 Å². The molecule has 0 fully saturated rings. The van der Waals surface area contributed by atoms with Gasteiger partial charge in [-0.2, -0.15) is 0 Å². The van der Waals surface area contributed by atoms with Crippen LogP contribution in [0.1, 0.15) is 33.3 Å². The van der Waals surface area contributed by atoms with E-state index in [1.807, 2.05) is 32.6 Å². The van der Waals surface area contributed by atoms with E-state index in [4.69, 9.17) is 9.47 Å². The van der Waals surface area contributed by atoms with Gasteiger partial charge in [0, 0.05) is 6.04 Å². The summed E-state index contributed by atoms with van der Waals surface area (Å²) in [6, 6.07) is 0.113. The Kier molecular flexibility index (Phi) is 6.21. The summed E-state index contributed by atoms with van der Waals surface area (Å²) < 4.78 is 10.5. The first-order valence-corrected chi connectivity index (χ1v) is 6.87. The van der Waals surface area contributed by atoms with Gasteiger partial charge in [-0.25, -0.2) is 9.97 Å². The SMILES string of the molecule is CCOC(=O)CN(c1ncnc(OCC)c1C)C(C)C. The molecule has 0 saturated heterocycles. The van der Waals surface area contributed by atoms with Crippen LogP contribution in [0, 0.1) is 6.92 Å². The molecule has 6 heteroatoms. The maximum atomic E-state index is 11.7.